The molecule has 1 rings (SSSR count). The summed E-state index contributed by atoms with van der Waals surface area (Å²) in [5, 5.41) is 0. The van der Waals surface area contributed by atoms with Crippen LogP contribution >= 0.6 is 0 Å². The van der Waals surface area contributed by atoms with Crippen LogP contribution in [0.1, 0.15) is 25.3 Å². The minimum Gasteiger partial charge on any atom is -0.497 e. The van der Waals surface area contributed by atoms with Crippen LogP contribution in [0.5, 0.6) is 5.75 Å². The fourth-order valence-corrected chi connectivity index (χ4v) is 1.27. The molecule has 0 saturated heterocycles. The summed E-state index contributed by atoms with van der Waals surface area (Å²) in [6.45, 7) is 2.89. The Labute approximate surface area is 97.7 Å². The third-order valence-corrected chi connectivity index (χ3v) is 2.22. The molecule has 0 spiro atoms. The van der Waals surface area contributed by atoms with E-state index in [-0.39, 0.29) is 0 Å². The van der Waals surface area contributed by atoms with Crippen molar-refractivity contribution in [3.63, 3.8) is 0 Å². The number of methoxy groups -OCH3 is 1. The summed E-state index contributed by atoms with van der Waals surface area (Å²) >= 11 is 0. The Hall–Kier alpha value is -1.57. The number of allylic oxidation sites excluding steroid dienone is 2. The first-order valence-electron chi connectivity index (χ1n) is 5.64. The highest BCUT2D eigenvalue weighted by molar-refractivity contribution is 5.70. The van der Waals surface area contributed by atoms with E-state index in [1.54, 1.807) is 7.11 Å². The molecular weight excluding hydrogens is 198 g/mol. The number of hydrogen-bond donors (Lipinski definition) is 0. The maximum absolute atomic E-state index is 5.09. The van der Waals surface area contributed by atoms with Gasteiger partial charge in [-0.05, 0) is 30.2 Å². The maximum Gasteiger partial charge on any atom is 0.118 e. The predicted octanol–water partition coefficient (Wildman–Crippen LogP) is 3.62. The van der Waals surface area contributed by atoms with Crippen LogP contribution in [0.15, 0.2) is 41.4 Å². The molecule has 0 fully saturated rings. The Kier molecular flexibility index (Phi) is 6.00. The Morgan fingerprint density at radius 2 is 2.00 bits per heavy atom. The van der Waals surface area contributed by atoms with Crippen molar-refractivity contribution in [2.75, 3.05) is 7.11 Å². The van der Waals surface area contributed by atoms with Crippen LogP contribution in [0.25, 0.3) is 0 Å². The van der Waals surface area contributed by atoms with Crippen LogP contribution < -0.4 is 4.74 Å². The van der Waals surface area contributed by atoms with Gasteiger partial charge in [-0.3, -0.25) is 4.99 Å². The zero-order valence-corrected chi connectivity index (χ0v) is 10.0. The molecule has 0 atom stereocenters. The van der Waals surface area contributed by atoms with Gasteiger partial charge >= 0.3 is 0 Å². The van der Waals surface area contributed by atoms with Gasteiger partial charge in [0.25, 0.3) is 0 Å². The van der Waals surface area contributed by atoms with E-state index in [2.05, 4.69) is 18.0 Å². The zero-order chi connectivity index (χ0) is 11.6. The lowest BCUT2D eigenvalue weighted by Gasteiger charge is -1.99. The van der Waals surface area contributed by atoms with Crippen molar-refractivity contribution in [1.29, 1.82) is 0 Å². The Bertz CT molecular complexity index is 338. The Balaban J connectivity index is 2.36. The molecule has 1 aromatic carbocycles. The van der Waals surface area contributed by atoms with Crippen molar-refractivity contribution < 1.29 is 4.74 Å². The number of aliphatic imine (C=N–C) groups is 1. The molecule has 86 valence electrons. The second-order valence-electron chi connectivity index (χ2n) is 3.55. The third-order valence-electron chi connectivity index (χ3n) is 2.22. The van der Waals surface area contributed by atoms with Crippen molar-refractivity contribution in [1.82, 2.24) is 0 Å². The summed E-state index contributed by atoms with van der Waals surface area (Å²) in [4.78, 5) is 4.32. The summed E-state index contributed by atoms with van der Waals surface area (Å²) in [6, 6.07) is 7.98. The smallest absolute Gasteiger partial charge is 0.118 e. The summed E-state index contributed by atoms with van der Waals surface area (Å²) in [5.41, 5.74) is 1.20. The highest BCUT2D eigenvalue weighted by Crippen LogP contribution is 2.11. The average molecular weight is 217 g/mol. The van der Waals surface area contributed by atoms with Crippen LogP contribution in [0.3, 0.4) is 0 Å². The van der Waals surface area contributed by atoms with Crippen molar-refractivity contribution in [2.24, 2.45) is 4.99 Å². The van der Waals surface area contributed by atoms with Gasteiger partial charge in [-0.25, -0.2) is 0 Å². The summed E-state index contributed by atoms with van der Waals surface area (Å²) in [7, 11) is 1.67. The summed E-state index contributed by atoms with van der Waals surface area (Å²) in [6.07, 6.45) is 8.31. The number of rotatable bonds is 6. The standard InChI is InChI=1S/C14H19NO/c1-3-4-5-6-11-15-12-13-7-9-14(16-2)10-8-13/h5-11H,3-4,12H2,1-2H3/b6-5+,15-11?. The van der Waals surface area contributed by atoms with Crippen LogP contribution in [0, 0.1) is 0 Å². The molecule has 0 radical (unpaired) electrons. The van der Waals surface area contributed by atoms with Crippen molar-refractivity contribution in [3.8, 4) is 5.75 Å². The van der Waals surface area contributed by atoms with Gasteiger partial charge < -0.3 is 4.74 Å². The van der Waals surface area contributed by atoms with Crippen LogP contribution in [-0.4, -0.2) is 13.3 Å². The number of ether oxygens (including phenoxy) is 1. The summed E-state index contributed by atoms with van der Waals surface area (Å²) < 4.78 is 5.09. The second-order valence-corrected chi connectivity index (χ2v) is 3.55. The van der Waals surface area contributed by atoms with Crippen LogP contribution in [-0.2, 0) is 6.54 Å². The fraction of sp³-hybridized carbons (Fsp3) is 0.357. The van der Waals surface area contributed by atoms with Crippen LogP contribution in [0.2, 0.25) is 0 Å². The lowest BCUT2D eigenvalue weighted by molar-refractivity contribution is 0.414. The maximum atomic E-state index is 5.09. The number of nitrogens with zero attached hydrogens (tertiary/aromatic N) is 1. The SMILES string of the molecule is CCC/C=C/C=NCc1ccc(OC)cc1. The first-order valence-corrected chi connectivity index (χ1v) is 5.64. The lowest BCUT2D eigenvalue weighted by atomic mass is 10.2. The normalized spacial score (nSPS) is 11.4. The molecule has 0 amide bonds. The molecule has 0 saturated carbocycles. The molecule has 0 aliphatic carbocycles. The van der Waals surface area contributed by atoms with E-state index < -0.39 is 0 Å². The summed E-state index contributed by atoms with van der Waals surface area (Å²) in [5.74, 6) is 0.885. The number of hydrogen-bond acceptors (Lipinski definition) is 2. The molecule has 0 heterocycles. The molecule has 0 aliphatic heterocycles. The molecule has 0 aliphatic rings. The van der Waals surface area contributed by atoms with E-state index in [1.165, 1.54) is 12.0 Å². The molecule has 0 N–H and O–H groups in total. The molecule has 0 bridgehead atoms. The number of unbranched alkanes of at least 4 members (excludes halogenated alkanes) is 1. The van der Waals surface area contributed by atoms with Crippen molar-refractivity contribution in [3.05, 3.63) is 42.0 Å². The van der Waals surface area contributed by atoms with Crippen LogP contribution in [0.4, 0.5) is 0 Å². The Morgan fingerprint density at radius 1 is 1.25 bits per heavy atom. The van der Waals surface area contributed by atoms with E-state index >= 15 is 0 Å². The van der Waals surface area contributed by atoms with Crippen molar-refractivity contribution >= 4 is 6.21 Å². The minimum atomic E-state index is 0.723. The average Bonchev–Trinajstić information content (AvgIpc) is 2.34. The molecule has 0 aromatic heterocycles. The molecular formula is C14H19NO. The first-order chi connectivity index (χ1) is 7.86. The zero-order valence-electron chi connectivity index (χ0n) is 10.0. The predicted molar refractivity (Wildman–Crippen MR) is 69.2 cm³/mol. The lowest BCUT2D eigenvalue weighted by Crippen LogP contribution is -1.84. The van der Waals surface area contributed by atoms with Gasteiger partial charge in [0, 0.05) is 6.21 Å². The quantitative estimate of drug-likeness (QED) is 0.667. The van der Waals surface area contributed by atoms with Gasteiger partial charge in [0.2, 0.25) is 0 Å². The van der Waals surface area contributed by atoms with Gasteiger partial charge in [-0.2, -0.15) is 0 Å². The topological polar surface area (TPSA) is 21.6 Å². The highest BCUT2D eigenvalue weighted by Gasteiger charge is 1.91. The van der Waals surface area contributed by atoms with Gasteiger partial charge in [0.15, 0.2) is 0 Å². The third kappa shape index (κ3) is 4.78. The largest absolute Gasteiger partial charge is 0.497 e. The second kappa shape index (κ2) is 7.69. The van der Waals surface area contributed by atoms with Gasteiger partial charge in [-0.1, -0.05) is 31.6 Å². The molecule has 1 aromatic rings. The molecule has 0 unspecified atom stereocenters. The molecule has 2 heteroatoms. The van der Waals surface area contributed by atoms with Gasteiger partial charge in [0.05, 0.1) is 13.7 Å². The highest BCUT2D eigenvalue weighted by atomic mass is 16.5. The van der Waals surface area contributed by atoms with Gasteiger partial charge in [-0.15, -0.1) is 0 Å². The van der Waals surface area contributed by atoms with E-state index in [1.807, 2.05) is 36.6 Å². The Morgan fingerprint density at radius 3 is 2.62 bits per heavy atom. The van der Waals surface area contributed by atoms with E-state index in [0.717, 1.165) is 18.7 Å². The molecule has 16 heavy (non-hydrogen) atoms. The van der Waals surface area contributed by atoms with E-state index in [0.29, 0.717) is 0 Å². The monoisotopic (exact) mass is 217 g/mol. The molecule has 2 nitrogen and oxygen atoms in total. The minimum absolute atomic E-state index is 0.723. The van der Waals surface area contributed by atoms with Crippen molar-refractivity contribution in [2.45, 2.75) is 26.3 Å². The van der Waals surface area contributed by atoms with E-state index in [9.17, 15) is 0 Å². The van der Waals surface area contributed by atoms with E-state index in [4.69, 9.17) is 4.74 Å². The number of benzene rings is 1. The van der Waals surface area contributed by atoms with Gasteiger partial charge in [0.1, 0.15) is 5.75 Å². The first kappa shape index (κ1) is 12.5. The fourth-order valence-electron chi connectivity index (χ4n) is 1.27.